The molecule has 0 saturated heterocycles. The quantitative estimate of drug-likeness (QED) is 0.296. The van der Waals surface area contributed by atoms with Crippen LogP contribution in [0.1, 0.15) is 44.8 Å². The lowest BCUT2D eigenvalue weighted by atomic mass is 9.95. The van der Waals surface area contributed by atoms with Crippen molar-refractivity contribution < 1.29 is 18.4 Å². The first-order chi connectivity index (χ1) is 18.9. The highest BCUT2D eigenvalue weighted by Crippen LogP contribution is 2.44. The molecule has 3 aromatic carbocycles. The molecule has 2 N–H and O–H groups in total. The van der Waals surface area contributed by atoms with Gasteiger partial charge in [-0.05, 0) is 97.1 Å². The zero-order valence-corrected chi connectivity index (χ0v) is 21.4. The van der Waals surface area contributed by atoms with Crippen molar-refractivity contribution in [2.75, 3.05) is 7.05 Å². The van der Waals surface area contributed by atoms with E-state index in [0.29, 0.717) is 33.4 Å². The highest BCUT2D eigenvalue weighted by Gasteiger charge is 2.47. The fourth-order valence-corrected chi connectivity index (χ4v) is 4.91. The van der Waals surface area contributed by atoms with E-state index in [4.69, 9.17) is 4.42 Å². The topological polar surface area (TPSA) is 97.1 Å². The number of carbonyl (C=O) groups excluding carboxylic acids is 2. The molecule has 0 spiro atoms. The number of nitrogens with zero attached hydrogens (tertiary/aromatic N) is 2. The van der Waals surface area contributed by atoms with E-state index in [9.17, 15) is 14.0 Å². The summed E-state index contributed by atoms with van der Waals surface area (Å²) in [4.78, 5) is 26.2. The number of nitrogens with one attached hydrogen (secondary N) is 2. The minimum atomic E-state index is -0.481. The molecule has 1 aliphatic rings. The van der Waals surface area contributed by atoms with Crippen LogP contribution in [0, 0.1) is 12.7 Å². The first-order valence-corrected chi connectivity index (χ1v) is 12.6. The molecule has 0 aliphatic heterocycles. The average Bonchev–Trinajstić information content (AvgIpc) is 3.65. The van der Waals surface area contributed by atoms with Gasteiger partial charge in [-0.3, -0.25) is 9.59 Å². The lowest BCUT2D eigenvalue weighted by Crippen LogP contribution is -2.35. The number of halogens is 1. The number of carbonyl (C=O) groups is 2. The summed E-state index contributed by atoms with van der Waals surface area (Å²) in [6, 6.07) is 20.7. The van der Waals surface area contributed by atoms with Crippen molar-refractivity contribution in [3.8, 4) is 22.5 Å². The van der Waals surface area contributed by atoms with E-state index < -0.39 is 5.54 Å². The van der Waals surface area contributed by atoms with Gasteiger partial charge in [-0.1, -0.05) is 12.1 Å². The molecule has 6 rings (SSSR count). The number of amides is 2. The maximum atomic E-state index is 13.5. The van der Waals surface area contributed by atoms with Crippen LogP contribution in [-0.2, 0) is 5.54 Å². The molecule has 1 saturated carbocycles. The van der Waals surface area contributed by atoms with Crippen molar-refractivity contribution in [2.45, 2.75) is 25.3 Å². The predicted molar refractivity (Wildman–Crippen MR) is 146 cm³/mol. The van der Waals surface area contributed by atoms with E-state index in [1.165, 1.54) is 12.1 Å². The van der Waals surface area contributed by atoms with E-state index in [1.54, 1.807) is 31.4 Å². The van der Waals surface area contributed by atoms with Gasteiger partial charge in [0.15, 0.2) is 0 Å². The van der Waals surface area contributed by atoms with Gasteiger partial charge in [0.25, 0.3) is 11.8 Å². The van der Waals surface area contributed by atoms with Crippen molar-refractivity contribution in [1.82, 2.24) is 20.8 Å². The third-order valence-corrected chi connectivity index (χ3v) is 7.22. The summed E-state index contributed by atoms with van der Waals surface area (Å²) in [5.74, 6) is -0.505. The summed E-state index contributed by atoms with van der Waals surface area (Å²) >= 11 is 0. The number of rotatable bonds is 6. The fourth-order valence-electron chi connectivity index (χ4n) is 4.91. The Kier molecular flexibility index (Phi) is 5.95. The van der Waals surface area contributed by atoms with Crippen molar-refractivity contribution >= 4 is 22.8 Å². The highest BCUT2D eigenvalue weighted by molar-refractivity contribution is 6.12. The summed E-state index contributed by atoms with van der Waals surface area (Å²) in [5, 5.41) is 14.6. The molecule has 0 atom stereocenters. The number of hydrogen-bond donors (Lipinski definition) is 2. The van der Waals surface area contributed by atoms with Gasteiger partial charge in [0.1, 0.15) is 17.2 Å². The zero-order valence-electron chi connectivity index (χ0n) is 21.4. The number of fused-ring (bicyclic) bond motifs is 1. The van der Waals surface area contributed by atoms with Crippen LogP contribution in [-0.4, -0.2) is 29.1 Å². The SMILES string of the molecule is CNC(=O)c1c(-c2ccc(F)cc2)oc2ccc(-c3cc(C(=O)NC4(c5cccnn5)CC4)ccc3C)cc12. The van der Waals surface area contributed by atoms with Crippen LogP contribution in [0.3, 0.4) is 0 Å². The van der Waals surface area contributed by atoms with Gasteiger partial charge in [0.05, 0.1) is 16.8 Å². The molecule has 8 heteroatoms. The van der Waals surface area contributed by atoms with Crippen molar-refractivity contribution in [1.29, 1.82) is 0 Å². The van der Waals surface area contributed by atoms with E-state index in [0.717, 1.165) is 35.2 Å². The Morgan fingerprint density at radius 1 is 0.949 bits per heavy atom. The van der Waals surface area contributed by atoms with Crippen LogP contribution in [0.4, 0.5) is 4.39 Å². The number of furan rings is 1. The van der Waals surface area contributed by atoms with Gasteiger partial charge in [-0.2, -0.15) is 10.2 Å². The summed E-state index contributed by atoms with van der Waals surface area (Å²) in [7, 11) is 1.55. The van der Waals surface area contributed by atoms with Crippen LogP contribution in [0.5, 0.6) is 0 Å². The van der Waals surface area contributed by atoms with Crippen molar-refractivity contribution in [3.05, 3.63) is 107 Å². The Hall–Kier alpha value is -4.85. The molecule has 5 aromatic rings. The lowest BCUT2D eigenvalue weighted by molar-refractivity contribution is 0.0927. The Morgan fingerprint density at radius 2 is 1.72 bits per heavy atom. The maximum Gasteiger partial charge on any atom is 0.255 e. The van der Waals surface area contributed by atoms with E-state index >= 15 is 0 Å². The fraction of sp³-hybridized carbons (Fsp3) is 0.161. The highest BCUT2D eigenvalue weighted by atomic mass is 19.1. The largest absolute Gasteiger partial charge is 0.455 e. The van der Waals surface area contributed by atoms with Crippen LogP contribution in [0.25, 0.3) is 33.4 Å². The summed E-state index contributed by atoms with van der Waals surface area (Å²) in [6.45, 7) is 1.97. The predicted octanol–water partition coefficient (Wildman–Crippen LogP) is 5.78. The molecule has 1 aliphatic carbocycles. The third-order valence-electron chi connectivity index (χ3n) is 7.22. The second-order valence-electron chi connectivity index (χ2n) is 9.78. The van der Waals surface area contributed by atoms with Gasteiger partial charge >= 0.3 is 0 Å². The molecule has 1 fully saturated rings. The molecule has 2 aromatic heterocycles. The molecule has 0 radical (unpaired) electrons. The Morgan fingerprint density at radius 3 is 2.41 bits per heavy atom. The standard InChI is InChI=1S/C31H25FN4O3/c1-18-5-6-21(29(37)35-31(13-14-31)26-4-3-15-34-36-26)17-23(18)20-9-12-25-24(16-20)27(30(38)33-2)28(39-25)19-7-10-22(32)11-8-19/h3-12,15-17H,13-14H2,1-2H3,(H,33,38)(H,35,37). The molecule has 194 valence electrons. The molecular formula is C31H25FN4O3. The molecule has 7 nitrogen and oxygen atoms in total. The zero-order chi connectivity index (χ0) is 27.1. The van der Waals surface area contributed by atoms with Crippen LogP contribution >= 0.6 is 0 Å². The second-order valence-corrected chi connectivity index (χ2v) is 9.78. The monoisotopic (exact) mass is 520 g/mol. The van der Waals surface area contributed by atoms with Crippen molar-refractivity contribution in [3.63, 3.8) is 0 Å². The van der Waals surface area contributed by atoms with Crippen LogP contribution in [0.15, 0.2) is 83.4 Å². The first-order valence-electron chi connectivity index (χ1n) is 12.6. The van der Waals surface area contributed by atoms with Gasteiger partial charge < -0.3 is 15.1 Å². The van der Waals surface area contributed by atoms with Gasteiger partial charge in [-0.25, -0.2) is 4.39 Å². The van der Waals surface area contributed by atoms with Gasteiger partial charge in [-0.15, -0.1) is 0 Å². The number of aromatic nitrogens is 2. The molecule has 2 heterocycles. The Bertz CT molecular complexity index is 1720. The van der Waals surface area contributed by atoms with Crippen molar-refractivity contribution in [2.24, 2.45) is 0 Å². The van der Waals surface area contributed by atoms with Gasteiger partial charge in [0.2, 0.25) is 0 Å². The normalized spacial score (nSPS) is 13.7. The minimum absolute atomic E-state index is 0.187. The average molecular weight is 521 g/mol. The van der Waals surface area contributed by atoms with Crippen LogP contribution < -0.4 is 10.6 Å². The maximum absolute atomic E-state index is 13.5. The minimum Gasteiger partial charge on any atom is -0.455 e. The number of benzene rings is 3. The number of hydrogen-bond acceptors (Lipinski definition) is 5. The smallest absolute Gasteiger partial charge is 0.255 e. The number of aryl methyl sites for hydroxylation is 1. The lowest BCUT2D eigenvalue weighted by Gasteiger charge is -2.17. The Labute approximate surface area is 224 Å². The summed E-state index contributed by atoms with van der Waals surface area (Å²) < 4.78 is 19.6. The summed E-state index contributed by atoms with van der Waals surface area (Å²) in [5.41, 5.74) is 4.97. The molecule has 39 heavy (non-hydrogen) atoms. The first kappa shape index (κ1) is 24.5. The summed E-state index contributed by atoms with van der Waals surface area (Å²) in [6.07, 6.45) is 3.24. The molecular weight excluding hydrogens is 495 g/mol. The molecule has 2 amide bonds. The Balaban J connectivity index is 1.39. The van der Waals surface area contributed by atoms with Gasteiger partial charge in [0, 0.05) is 29.8 Å². The van der Waals surface area contributed by atoms with E-state index in [2.05, 4.69) is 20.8 Å². The molecule has 0 bridgehead atoms. The van der Waals surface area contributed by atoms with Crippen LogP contribution in [0.2, 0.25) is 0 Å². The van der Waals surface area contributed by atoms with E-state index in [1.807, 2.05) is 49.4 Å². The molecule has 0 unspecified atom stereocenters. The van der Waals surface area contributed by atoms with E-state index in [-0.39, 0.29) is 17.6 Å². The second kappa shape index (κ2) is 9.47. The third kappa shape index (κ3) is 4.44.